The maximum absolute atomic E-state index is 11.3. The fraction of sp³-hybridized carbons (Fsp3) is 0.769. The zero-order valence-corrected chi connectivity index (χ0v) is 10.5. The second-order valence-electron chi connectivity index (χ2n) is 4.16. The molecule has 92 valence electrons. The van der Waals surface area contributed by atoms with E-state index in [0.29, 0.717) is 38.5 Å². The first-order valence-corrected chi connectivity index (χ1v) is 6.08. The Balaban J connectivity index is 4.31. The van der Waals surface area contributed by atoms with Crippen molar-refractivity contribution in [1.29, 1.82) is 0 Å². The second kappa shape index (κ2) is 8.20. The average molecular weight is 226 g/mol. The zero-order chi connectivity index (χ0) is 12.6. The van der Waals surface area contributed by atoms with Crippen molar-refractivity contribution in [3.05, 3.63) is 0 Å². The molecule has 0 saturated heterocycles. The van der Waals surface area contributed by atoms with E-state index in [-0.39, 0.29) is 23.3 Å². The van der Waals surface area contributed by atoms with Crippen LogP contribution in [0.5, 0.6) is 0 Å². The molecule has 0 unspecified atom stereocenters. The molecule has 0 N–H and O–H groups in total. The van der Waals surface area contributed by atoms with E-state index in [9.17, 15) is 14.4 Å². The van der Waals surface area contributed by atoms with E-state index in [2.05, 4.69) is 0 Å². The van der Waals surface area contributed by atoms with Crippen molar-refractivity contribution in [2.75, 3.05) is 0 Å². The minimum Gasteiger partial charge on any atom is -0.300 e. The molecule has 0 aliphatic rings. The quantitative estimate of drug-likeness (QED) is 0.607. The highest BCUT2D eigenvalue weighted by molar-refractivity contribution is 5.84. The normalized spacial score (nSPS) is 10.5. The molecule has 0 amide bonds. The van der Waals surface area contributed by atoms with Crippen LogP contribution < -0.4 is 0 Å². The molecule has 0 aromatic heterocycles. The van der Waals surface area contributed by atoms with Crippen molar-refractivity contribution in [3.63, 3.8) is 0 Å². The lowest BCUT2D eigenvalue weighted by atomic mass is 9.89. The maximum Gasteiger partial charge on any atom is 0.132 e. The van der Waals surface area contributed by atoms with Crippen LogP contribution in [0.15, 0.2) is 0 Å². The Hall–Kier alpha value is -0.990. The molecule has 0 radical (unpaired) electrons. The third-order valence-electron chi connectivity index (χ3n) is 2.73. The number of ketones is 3. The molecule has 16 heavy (non-hydrogen) atoms. The van der Waals surface area contributed by atoms with Crippen LogP contribution in [0.4, 0.5) is 0 Å². The summed E-state index contributed by atoms with van der Waals surface area (Å²) in [4.78, 5) is 34.0. The third-order valence-corrected chi connectivity index (χ3v) is 2.73. The maximum atomic E-state index is 11.3. The predicted molar refractivity (Wildman–Crippen MR) is 63.2 cm³/mol. The largest absolute Gasteiger partial charge is 0.300 e. The number of carbonyl (C=O) groups excluding carboxylic acids is 3. The van der Waals surface area contributed by atoms with Gasteiger partial charge in [-0.25, -0.2) is 0 Å². The van der Waals surface area contributed by atoms with Crippen LogP contribution in [0.25, 0.3) is 0 Å². The van der Waals surface area contributed by atoms with E-state index in [4.69, 9.17) is 0 Å². The minimum absolute atomic E-state index is 0.0765. The van der Waals surface area contributed by atoms with Crippen LogP contribution in [0.2, 0.25) is 0 Å². The molecule has 0 spiro atoms. The summed E-state index contributed by atoms with van der Waals surface area (Å²) in [6.45, 7) is 5.42. The smallest absolute Gasteiger partial charge is 0.132 e. The van der Waals surface area contributed by atoms with Gasteiger partial charge in [0, 0.05) is 38.5 Å². The highest BCUT2D eigenvalue weighted by atomic mass is 16.1. The molecule has 0 aliphatic heterocycles. The first kappa shape index (κ1) is 15.0. The van der Waals surface area contributed by atoms with E-state index in [1.54, 1.807) is 0 Å². The number of hydrogen-bond donors (Lipinski definition) is 0. The standard InChI is InChI=1S/C13H22O3/c1-4-11(14)7-10(8-12(15)5-2)9-13(16)6-3/h10H,4-9H2,1-3H3. The van der Waals surface area contributed by atoms with Gasteiger partial charge in [-0.05, 0) is 5.92 Å². The molecule has 0 aliphatic carbocycles. The fourth-order valence-corrected chi connectivity index (χ4v) is 1.62. The van der Waals surface area contributed by atoms with Gasteiger partial charge in [-0.3, -0.25) is 14.4 Å². The van der Waals surface area contributed by atoms with Crippen LogP contribution in [0.1, 0.15) is 59.3 Å². The van der Waals surface area contributed by atoms with Gasteiger partial charge in [0.25, 0.3) is 0 Å². The molecule has 0 heterocycles. The summed E-state index contributed by atoms with van der Waals surface area (Å²) in [5.74, 6) is 0.334. The molecule has 0 aromatic carbocycles. The summed E-state index contributed by atoms with van der Waals surface area (Å²) < 4.78 is 0. The Morgan fingerprint density at radius 2 is 0.938 bits per heavy atom. The summed E-state index contributed by atoms with van der Waals surface area (Å²) in [5, 5.41) is 0. The molecule has 0 atom stereocenters. The Morgan fingerprint density at radius 3 is 1.12 bits per heavy atom. The number of carbonyl (C=O) groups is 3. The van der Waals surface area contributed by atoms with E-state index in [1.165, 1.54) is 0 Å². The van der Waals surface area contributed by atoms with Crippen molar-refractivity contribution in [3.8, 4) is 0 Å². The van der Waals surface area contributed by atoms with Gasteiger partial charge in [0.15, 0.2) is 0 Å². The van der Waals surface area contributed by atoms with Gasteiger partial charge in [0.05, 0.1) is 0 Å². The van der Waals surface area contributed by atoms with Gasteiger partial charge in [-0.15, -0.1) is 0 Å². The lowest BCUT2D eigenvalue weighted by Crippen LogP contribution is -2.16. The minimum atomic E-state index is -0.0765. The van der Waals surface area contributed by atoms with E-state index >= 15 is 0 Å². The van der Waals surface area contributed by atoms with E-state index in [0.717, 1.165) is 0 Å². The second-order valence-corrected chi connectivity index (χ2v) is 4.16. The van der Waals surface area contributed by atoms with Crippen molar-refractivity contribution >= 4 is 17.3 Å². The van der Waals surface area contributed by atoms with Crippen molar-refractivity contribution in [2.45, 2.75) is 59.3 Å². The van der Waals surface area contributed by atoms with Gasteiger partial charge < -0.3 is 0 Å². The van der Waals surface area contributed by atoms with Crippen LogP contribution >= 0.6 is 0 Å². The Kier molecular flexibility index (Phi) is 7.69. The van der Waals surface area contributed by atoms with Gasteiger partial charge in [0.2, 0.25) is 0 Å². The summed E-state index contributed by atoms with van der Waals surface area (Å²) in [6.07, 6.45) is 2.56. The van der Waals surface area contributed by atoms with Crippen molar-refractivity contribution in [2.24, 2.45) is 5.92 Å². The third kappa shape index (κ3) is 6.49. The Bertz CT molecular complexity index is 213. The first-order chi connectivity index (χ1) is 7.53. The number of Topliss-reactive ketones (excluding diaryl/α,β-unsaturated/α-hetero) is 3. The van der Waals surface area contributed by atoms with Crippen LogP contribution in [-0.2, 0) is 14.4 Å². The predicted octanol–water partition coefficient (Wildman–Crippen LogP) is 2.71. The number of hydrogen-bond acceptors (Lipinski definition) is 3. The average Bonchev–Trinajstić information content (AvgIpc) is 2.28. The lowest BCUT2D eigenvalue weighted by Gasteiger charge is -2.13. The topological polar surface area (TPSA) is 51.2 Å². The lowest BCUT2D eigenvalue weighted by molar-refractivity contribution is -0.123. The summed E-state index contributed by atoms with van der Waals surface area (Å²) in [7, 11) is 0. The van der Waals surface area contributed by atoms with Crippen LogP contribution in [0, 0.1) is 5.92 Å². The molecule has 3 nitrogen and oxygen atoms in total. The first-order valence-electron chi connectivity index (χ1n) is 6.08. The molecule has 0 bridgehead atoms. The summed E-state index contributed by atoms with van der Waals surface area (Å²) >= 11 is 0. The number of rotatable bonds is 9. The summed E-state index contributed by atoms with van der Waals surface area (Å²) in [6, 6.07) is 0. The van der Waals surface area contributed by atoms with Gasteiger partial charge in [-0.2, -0.15) is 0 Å². The molecule has 0 fully saturated rings. The Labute approximate surface area is 97.6 Å². The van der Waals surface area contributed by atoms with Gasteiger partial charge >= 0.3 is 0 Å². The molecular weight excluding hydrogens is 204 g/mol. The van der Waals surface area contributed by atoms with Gasteiger partial charge in [-0.1, -0.05) is 20.8 Å². The van der Waals surface area contributed by atoms with Crippen LogP contribution in [0.3, 0.4) is 0 Å². The monoisotopic (exact) mass is 226 g/mol. The van der Waals surface area contributed by atoms with E-state index in [1.807, 2.05) is 20.8 Å². The fourth-order valence-electron chi connectivity index (χ4n) is 1.62. The highest BCUT2D eigenvalue weighted by Gasteiger charge is 2.18. The van der Waals surface area contributed by atoms with Crippen LogP contribution in [-0.4, -0.2) is 17.3 Å². The zero-order valence-electron chi connectivity index (χ0n) is 10.5. The van der Waals surface area contributed by atoms with E-state index < -0.39 is 0 Å². The molecule has 3 heteroatoms. The highest BCUT2D eigenvalue weighted by Crippen LogP contribution is 2.17. The van der Waals surface area contributed by atoms with Crippen molar-refractivity contribution in [1.82, 2.24) is 0 Å². The summed E-state index contributed by atoms with van der Waals surface area (Å²) in [5.41, 5.74) is 0. The SMILES string of the molecule is CCC(=O)CC(CC(=O)CC)CC(=O)CC. The van der Waals surface area contributed by atoms with Crippen molar-refractivity contribution < 1.29 is 14.4 Å². The van der Waals surface area contributed by atoms with Gasteiger partial charge in [0.1, 0.15) is 17.3 Å². The molecule has 0 saturated carbocycles. The Morgan fingerprint density at radius 1 is 0.688 bits per heavy atom. The molecule has 0 aromatic rings. The molecule has 0 rings (SSSR count). The molecular formula is C13H22O3.